The molecule has 2 aromatic rings. The van der Waals surface area contributed by atoms with Crippen LogP contribution < -0.4 is 10.1 Å². The van der Waals surface area contributed by atoms with Crippen molar-refractivity contribution >= 4 is 17.0 Å². The quantitative estimate of drug-likeness (QED) is 0.633. The van der Waals surface area contributed by atoms with Crippen molar-refractivity contribution < 1.29 is 14.3 Å². The van der Waals surface area contributed by atoms with Crippen molar-refractivity contribution in [3.05, 3.63) is 35.5 Å². The molecule has 2 heterocycles. The number of likely N-dealkylation sites (tertiary alicyclic amines) is 1. The number of methoxy groups -OCH3 is 1. The number of hydrogen-bond donors (Lipinski definition) is 1. The Labute approximate surface area is 192 Å². The maximum absolute atomic E-state index is 12.1. The number of alkyl carbamates (subject to hydrolysis) is 1. The van der Waals surface area contributed by atoms with Gasteiger partial charge in [-0.2, -0.15) is 0 Å². The smallest absolute Gasteiger partial charge is 0.407 e. The van der Waals surface area contributed by atoms with E-state index in [1.807, 2.05) is 32.9 Å². The minimum Gasteiger partial charge on any atom is -0.497 e. The number of ether oxygens (including phenoxy) is 2. The van der Waals surface area contributed by atoms with Crippen LogP contribution in [0.25, 0.3) is 10.9 Å². The molecule has 0 radical (unpaired) electrons. The van der Waals surface area contributed by atoms with E-state index in [2.05, 4.69) is 36.3 Å². The van der Waals surface area contributed by atoms with E-state index in [0.717, 1.165) is 56.6 Å². The van der Waals surface area contributed by atoms with Crippen LogP contribution in [0.2, 0.25) is 0 Å². The van der Waals surface area contributed by atoms with Crippen LogP contribution in [-0.4, -0.2) is 54.4 Å². The average molecular weight is 442 g/mol. The molecule has 6 nitrogen and oxygen atoms in total. The van der Waals surface area contributed by atoms with Crippen LogP contribution in [0, 0.1) is 0 Å². The van der Waals surface area contributed by atoms with Crippen molar-refractivity contribution in [2.45, 2.75) is 77.9 Å². The molecule has 1 saturated heterocycles. The highest BCUT2D eigenvalue weighted by molar-refractivity contribution is 5.85. The Hall–Kier alpha value is -2.34. The summed E-state index contributed by atoms with van der Waals surface area (Å²) >= 11 is 0. The lowest BCUT2D eigenvalue weighted by Crippen LogP contribution is -2.46. The maximum Gasteiger partial charge on any atom is 0.407 e. The van der Waals surface area contributed by atoms with Gasteiger partial charge in [0.05, 0.1) is 12.6 Å². The highest BCUT2D eigenvalue weighted by atomic mass is 16.6. The molecule has 0 spiro atoms. The van der Waals surface area contributed by atoms with Crippen molar-refractivity contribution in [1.29, 1.82) is 0 Å². The fraction of sp³-hybridized carbons (Fsp3) is 0.615. The van der Waals surface area contributed by atoms with Crippen molar-refractivity contribution in [3.8, 4) is 5.75 Å². The van der Waals surface area contributed by atoms with E-state index in [9.17, 15) is 4.79 Å². The number of carbonyl (C=O) groups excluding carboxylic acids is 1. The molecule has 1 unspecified atom stereocenters. The molecule has 1 atom stereocenters. The Morgan fingerprint density at radius 3 is 2.62 bits per heavy atom. The molecule has 0 saturated carbocycles. The van der Waals surface area contributed by atoms with Gasteiger partial charge in [0.1, 0.15) is 11.4 Å². The van der Waals surface area contributed by atoms with Crippen molar-refractivity contribution in [1.82, 2.24) is 15.2 Å². The number of benzene rings is 1. The topological polar surface area (TPSA) is 63.7 Å². The molecular formula is C26H39N3O3. The largest absolute Gasteiger partial charge is 0.497 e. The molecule has 3 rings (SSSR count). The second-order valence-corrected chi connectivity index (χ2v) is 9.95. The lowest BCUT2D eigenvalue weighted by atomic mass is 9.90. The van der Waals surface area contributed by atoms with E-state index < -0.39 is 5.60 Å². The van der Waals surface area contributed by atoms with Gasteiger partial charge in [-0.05, 0) is 75.3 Å². The number of hydrogen-bond acceptors (Lipinski definition) is 5. The Morgan fingerprint density at radius 1 is 1.28 bits per heavy atom. The molecule has 0 bridgehead atoms. The first-order valence-corrected chi connectivity index (χ1v) is 11.9. The Bertz CT molecular complexity index is 914. The summed E-state index contributed by atoms with van der Waals surface area (Å²) in [5.41, 5.74) is 3.28. The normalized spacial score (nSPS) is 16.7. The number of fused-ring (bicyclic) bond motifs is 1. The second-order valence-electron chi connectivity index (χ2n) is 9.95. The van der Waals surface area contributed by atoms with Gasteiger partial charge in [0, 0.05) is 37.3 Å². The fourth-order valence-electron chi connectivity index (χ4n) is 4.62. The molecule has 176 valence electrons. The van der Waals surface area contributed by atoms with Crippen LogP contribution >= 0.6 is 0 Å². The fourth-order valence-corrected chi connectivity index (χ4v) is 4.62. The number of rotatable bonds is 7. The summed E-state index contributed by atoms with van der Waals surface area (Å²) in [5.74, 6) is 1.25. The SMILES string of the molecule is CCCc1cnc2ccc(OC)cc2c1C(C)CN1CCC(NC(=O)OC(C)(C)C)CC1. The Morgan fingerprint density at radius 2 is 2.00 bits per heavy atom. The van der Waals surface area contributed by atoms with Crippen molar-refractivity contribution in [2.24, 2.45) is 0 Å². The van der Waals surface area contributed by atoms with Crippen LogP contribution in [0.15, 0.2) is 24.4 Å². The van der Waals surface area contributed by atoms with Gasteiger partial charge in [0.2, 0.25) is 0 Å². The first-order chi connectivity index (χ1) is 15.2. The van der Waals surface area contributed by atoms with Gasteiger partial charge in [-0.3, -0.25) is 4.98 Å². The maximum atomic E-state index is 12.1. The van der Waals surface area contributed by atoms with Crippen LogP contribution in [0.4, 0.5) is 4.79 Å². The summed E-state index contributed by atoms with van der Waals surface area (Å²) in [5, 5.41) is 4.23. The molecule has 1 fully saturated rings. The van der Waals surface area contributed by atoms with Gasteiger partial charge in [0.15, 0.2) is 0 Å². The average Bonchev–Trinajstić information content (AvgIpc) is 2.73. The molecule has 6 heteroatoms. The third-order valence-corrected chi connectivity index (χ3v) is 6.05. The first kappa shape index (κ1) is 24.3. The number of amides is 1. The lowest BCUT2D eigenvalue weighted by molar-refractivity contribution is 0.0478. The highest BCUT2D eigenvalue weighted by Crippen LogP contribution is 2.32. The summed E-state index contributed by atoms with van der Waals surface area (Å²) < 4.78 is 10.9. The molecule has 32 heavy (non-hydrogen) atoms. The van der Waals surface area contributed by atoms with Crippen LogP contribution in [-0.2, 0) is 11.2 Å². The summed E-state index contributed by atoms with van der Waals surface area (Å²) in [7, 11) is 1.71. The van der Waals surface area contributed by atoms with Crippen LogP contribution in [0.1, 0.15) is 70.9 Å². The van der Waals surface area contributed by atoms with E-state index >= 15 is 0 Å². The molecule has 1 aromatic carbocycles. The number of pyridine rings is 1. The number of aryl methyl sites for hydroxylation is 1. The summed E-state index contributed by atoms with van der Waals surface area (Å²) in [6, 6.07) is 6.34. The van der Waals surface area contributed by atoms with Gasteiger partial charge in [-0.1, -0.05) is 20.3 Å². The molecule has 0 aliphatic carbocycles. The van der Waals surface area contributed by atoms with Crippen LogP contribution in [0.3, 0.4) is 0 Å². The Kier molecular flexibility index (Phi) is 7.99. The molecule has 1 aliphatic rings. The van der Waals surface area contributed by atoms with Gasteiger partial charge in [-0.25, -0.2) is 4.79 Å². The molecule has 1 aliphatic heterocycles. The third kappa shape index (κ3) is 6.35. The zero-order valence-electron chi connectivity index (χ0n) is 20.5. The minimum atomic E-state index is -0.466. The predicted molar refractivity (Wildman–Crippen MR) is 130 cm³/mol. The summed E-state index contributed by atoms with van der Waals surface area (Å²) in [6.07, 6.45) is 5.75. The molecular weight excluding hydrogens is 402 g/mol. The molecule has 1 aromatic heterocycles. The van der Waals surface area contributed by atoms with Gasteiger partial charge >= 0.3 is 6.09 Å². The summed E-state index contributed by atoms with van der Waals surface area (Å²) in [6.45, 7) is 13.1. The van der Waals surface area contributed by atoms with E-state index in [0.29, 0.717) is 5.92 Å². The van der Waals surface area contributed by atoms with E-state index in [4.69, 9.17) is 14.5 Å². The second kappa shape index (κ2) is 10.5. The van der Waals surface area contributed by atoms with Gasteiger partial charge in [0.25, 0.3) is 0 Å². The van der Waals surface area contributed by atoms with Gasteiger partial charge < -0.3 is 19.7 Å². The monoisotopic (exact) mass is 441 g/mol. The van der Waals surface area contributed by atoms with Crippen LogP contribution in [0.5, 0.6) is 5.75 Å². The standard InChI is InChI=1S/C26H39N3O3/c1-7-8-19-16-27-23-10-9-21(31-6)15-22(23)24(19)18(2)17-29-13-11-20(12-14-29)28-25(30)32-26(3,4)5/h9-10,15-16,18,20H,7-8,11-14,17H2,1-6H3,(H,28,30). The third-order valence-electron chi connectivity index (χ3n) is 6.05. The zero-order valence-corrected chi connectivity index (χ0v) is 20.5. The number of aromatic nitrogens is 1. The van der Waals surface area contributed by atoms with E-state index in [1.165, 1.54) is 16.5 Å². The lowest BCUT2D eigenvalue weighted by Gasteiger charge is -2.34. The first-order valence-electron chi connectivity index (χ1n) is 11.9. The number of carbonyl (C=O) groups is 1. The van der Waals surface area contributed by atoms with E-state index in [1.54, 1.807) is 7.11 Å². The predicted octanol–water partition coefficient (Wildman–Crippen LogP) is 5.29. The van der Waals surface area contributed by atoms with Gasteiger partial charge in [-0.15, -0.1) is 0 Å². The minimum absolute atomic E-state index is 0.179. The number of nitrogens with one attached hydrogen (secondary N) is 1. The zero-order chi connectivity index (χ0) is 23.3. The van der Waals surface area contributed by atoms with E-state index in [-0.39, 0.29) is 12.1 Å². The number of piperidine rings is 1. The van der Waals surface area contributed by atoms with Crippen molar-refractivity contribution in [3.63, 3.8) is 0 Å². The summed E-state index contributed by atoms with van der Waals surface area (Å²) in [4.78, 5) is 19.3. The molecule has 1 N–H and O–H groups in total. The highest BCUT2D eigenvalue weighted by Gasteiger charge is 2.25. The molecule has 1 amide bonds. The number of nitrogens with zero attached hydrogens (tertiary/aromatic N) is 2. The Balaban J connectivity index is 1.68. The van der Waals surface area contributed by atoms with Crippen molar-refractivity contribution in [2.75, 3.05) is 26.7 Å².